The Labute approximate surface area is 85.5 Å². The van der Waals surface area contributed by atoms with Crippen LogP contribution in [0.15, 0.2) is 17.0 Å². The molecule has 1 aromatic rings. The molecule has 0 spiro atoms. The number of carbonyl (C=O) groups excluding carboxylic acids is 1. The first-order valence-electron chi connectivity index (χ1n) is 3.61. The van der Waals surface area contributed by atoms with Crippen molar-refractivity contribution in [1.82, 2.24) is 0 Å². The summed E-state index contributed by atoms with van der Waals surface area (Å²) >= 11 is 3.80. The fraction of sp³-hybridized carbons (Fsp3) is 0.111. The van der Waals surface area contributed by atoms with Gasteiger partial charge in [-0.1, -0.05) is 0 Å². The molecule has 72 valence electrons. The molecule has 0 fully saturated rings. The van der Waals surface area contributed by atoms with E-state index >= 15 is 0 Å². The molecule has 14 heavy (non-hydrogen) atoms. The highest BCUT2D eigenvalue weighted by Crippen LogP contribution is 2.21. The second kappa shape index (κ2) is 4.11. The SMILES string of the molecule is COC(=O)c1ccc(C#N)c(F)c1S. The van der Waals surface area contributed by atoms with Crippen molar-refractivity contribution in [1.29, 1.82) is 5.26 Å². The highest BCUT2D eigenvalue weighted by molar-refractivity contribution is 7.80. The lowest BCUT2D eigenvalue weighted by Crippen LogP contribution is -2.04. The number of nitrogens with zero attached hydrogens (tertiary/aromatic N) is 1. The van der Waals surface area contributed by atoms with E-state index in [1.807, 2.05) is 0 Å². The molecule has 0 saturated heterocycles. The van der Waals surface area contributed by atoms with Gasteiger partial charge in [-0.3, -0.25) is 0 Å². The quantitative estimate of drug-likeness (QED) is 0.569. The first kappa shape index (κ1) is 10.5. The van der Waals surface area contributed by atoms with Gasteiger partial charge in [-0.2, -0.15) is 5.26 Å². The number of hydrogen-bond donors (Lipinski definition) is 1. The van der Waals surface area contributed by atoms with Crippen molar-refractivity contribution in [3.8, 4) is 6.07 Å². The molecule has 3 nitrogen and oxygen atoms in total. The average Bonchev–Trinajstić information content (AvgIpc) is 2.21. The Morgan fingerprint density at radius 2 is 2.29 bits per heavy atom. The highest BCUT2D eigenvalue weighted by Gasteiger charge is 2.15. The van der Waals surface area contributed by atoms with E-state index in [4.69, 9.17) is 5.26 Å². The lowest BCUT2D eigenvalue weighted by Gasteiger charge is -2.04. The first-order chi connectivity index (χ1) is 6.61. The standard InChI is InChI=1S/C9H6FNO2S/c1-13-9(12)6-3-2-5(4-11)7(10)8(6)14/h2-3,14H,1H3. The van der Waals surface area contributed by atoms with Crippen LogP contribution >= 0.6 is 12.6 Å². The van der Waals surface area contributed by atoms with Crippen molar-refractivity contribution in [2.75, 3.05) is 7.11 Å². The Morgan fingerprint density at radius 3 is 2.79 bits per heavy atom. The number of carbonyl (C=O) groups is 1. The van der Waals surface area contributed by atoms with E-state index in [2.05, 4.69) is 17.4 Å². The fourth-order valence-corrected chi connectivity index (χ4v) is 1.21. The van der Waals surface area contributed by atoms with Crippen LogP contribution in [-0.4, -0.2) is 13.1 Å². The largest absolute Gasteiger partial charge is 0.465 e. The zero-order valence-corrected chi connectivity index (χ0v) is 8.14. The van der Waals surface area contributed by atoms with Crippen LogP contribution in [-0.2, 0) is 4.74 Å². The Balaban J connectivity index is 3.33. The minimum atomic E-state index is -0.807. The summed E-state index contributed by atoms with van der Waals surface area (Å²) in [4.78, 5) is 10.9. The summed E-state index contributed by atoms with van der Waals surface area (Å²) in [7, 11) is 1.19. The Hall–Kier alpha value is -1.54. The number of rotatable bonds is 1. The topological polar surface area (TPSA) is 50.1 Å². The van der Waals surface area contributed by atoms with Crippen LogP contribution in [0.3, 0.4) is 0 Å². The first-order valence-corrected chi connectivity index (χ1v) is 4.06. The molecule has 0 radical (unpaired) electrons. The normalized spacial score (nSPS) is 9.29. The smallest absolute Gasteiger partial charge is 0.339 e. The molecule has 0 aliphatic rings. The second-order valence-electron chi connectivity index (χ2n) is 2.43. The van der Waals surface area contributed by atoms with Crippen LogP contribution in [0.4, 0.5) is 4.39 Å². The molecule has 0 atom stereocenters. The molecule has 0 saturated carbocycles. The van der Waals surface area contributed by atoms with E-state index in [9.17, 15) is 9.18 Å². The van der Waals surface area contributed by atoms with E-state index in [-0.39, 0.29) is 16.0 Å². The van der Waals surface area contributed by atoms with Gasteiger partial charge in [0.05, 0.1) is 23.1 Å². The van der Waals surface area contributed by atoms with Gasteiger partial charge in [0.2, 0.25) is 0 Å². The molecular weight excluding hydrogens is 205 g/mol. The van der Waals surface area contributed by atoms with E-state index < -0.39 is 11.8 Å². The summed E-state index contributed by atoms with van der Waals surface area (Å²) in [5.41, 5.74) is -0.144. The van der Waals surface area contributed by atoms with E-state index in [0.717, 1.165) is 0 Å². The zero-order valence-electron chi connectivity index (χ0n) is 7.24. The molecule has 0 aromatic heterocycles. The van der Waals surface area contributed by atoms with Crippen LogP contribution in [0.25, 0.3) is 0 Å². The third-order valence-electron chi connectivity index (χ3n) is 1.64. The number of ether oxygens (including phenoxy) is 1. The maximum Gasteiger partial charge on any atom is 0.339 e. The number of thiol groups is 1. The van der Waals surface area contributed by atoms with Gasteiger partial charge in [0.25, 0.3) is 0 Å². The number of methoxy groups -OCH3 is 1. The molecule has 0 amide bonds. The molecule has 0 heterocycles. The third-order valence-corrected chi connectivity index (χ3v) is 2.08. The summed E-state index contributed by atoms with van der Waals surface area (Å²) in [6, 6.07) is 4.16. The zero-order chi connectivity index (χ0) is 10.7. The molecule has 1 aromatic carbocycles. The van der Waals surface area contributed by atoms with Gasteiger partial charge in [-0.25, -0.2) is 9.18 Å². The minimum Gasteiger partial charge on any atom is -0.465 e. The monoisotopic (exact) mass is 211 g/mol. The summed E-state index contributed by atoms with van der Waals surface area (Å²) in [6.45, 7) is 0. The summed E-state index contributed by atoms with van der Waals surface area (Å²) in [6.07, 6.45) is 0. The van der Waals surface area contributed by atoms with E-state index in [1.54, 1.807) is 6.07 Å². The predicted octanol–water partition coefficient (Wildman–Crippen LogP) is 1.77. The van der Waals surface area contributed by atoms with Crippen LogP contribution in [0.1, 0.15) is 15.9 Å². The maximum absolute atomic E-state index is 13.3. The predicted molar refractivity (Wildman–Crippen MR) is 49.7 cm³/mol. The van der Waals surface area contributed by atoms with Crippen molar-refractivity contribution in [3.05, 3.63) is 29.1 Å². The number of benzene rings is 1. The number of esters is 1. The maximum atomic E-state index is 13.3. The van der Waals surface area contributed by atoms with E-state index in [1.165, 1.54) is 19.2 Å². The molecule has 0 aliphatic heterocycles. The molecule has 0 unspecified atom stereocenters. The highest BCUT2D eigenvalue weighted by atomic mass is 32.1. The van der Waals surface area contributed by atoms with Gasteiger partial charge in [0, 0.05) is 0 Å². The van der Waals surface area contributed by atoms with Crippen molar-refractivity contribution in [2.24, 2.45) is 0 Å². The molecule has 0 bridgehead atoms. The van der Waals surface area contributed by atoms with Crippen molar-refractivity contribution in [3.63, 3.8) is 0 Å². The van der Waals surface area contributed by atoms with Gasteiger partial charge in [0.1, 0.15) is 6.07 Å². The Morgan fingerprint density at radius 1 is 1.64 bits per heavy atom. The van der Waals surface area contributed by atoms with E-state index in [0.29, 0.717) is 0 Å². The molecule has 5 heteroatoms. The lowest BCUT2D eigenvalue weighted by atomic mass is 10.1. The molecular formula is C9H6FNO2S. The minimum absolute atomic E-state index is 0.00679. The Kier molecular flexibility index (Phi) is 3.10. The van der Waals surface area contributed by atoms with Gasteiger partial charge >= 0.3 is 5.97 Å². The number of halogens is 1. The summed E-state index contributed by atoms with van der Waals surface area (Å²) in [5.74, 6) is -1.49. The van der Waals surface area contributed by atoms with Gasteiger partial charge in [-0.05, 0) is 12.1 Å². The van der Waals surface area contributed by atoms with Crippen LogP contribution in [0.5, 0.6) is 0 Å². The van der Waals surface area contributed by atoms with Crippen LogP contribution < -0.4 is 0 Å². The Bertz CT molecular complexity index is 426. The third kappa shape index (κ3) is 1.70. The lowest BCUT2D eigenvalue weighted by molar-refractivity contribution is 0.0596. The van der Waals surface area contributed by atoms with Crippen molar-refractivity contribution >= 4 is 18.6 Å². The van der Waals surface area contributed by atoms with Crippen LogP contribution in [0.2, 0.25) is 0 Å². The number of nitriles is 1. The van der Waals surface area contributed by atoms with Crippen molar-refractivity contribution < 1.29 is 13.9 Å². The molecule has 1 rings (SSSR count). The summed E-state index contributed by atoms with van der Waals surface area (Å²) < 4.78 is 17.7. The molecule has 0 aliphatic carbocycles. The van der Waals surface area contributed by atoms with Gasteiger partial charge in [-0.15, -0.1) is 12.6 Å². The van der Waals surface area contributed by atoms with Crippen molar-refractivity contribution in [2.45, 2.75) is 4.90 Å². The van der Waals surface area contributed by atoms with Gasteiger partial charge < -0.3 is 4.74 Å². The fourth-order valence-electron chi connectivity index (χ4n) is 0.926. The summed E-state index contributed by atoms with van der Waals surface area (Å²) in [5, 5.41) is 8.49. The van der Waals surface area contributed by atoms with Crippen LogP contribution in [0, 0.1) is 17.1 Å². The number of hydrogen-bond acceptors (Lipinski definition) is 4. The molecule has 0 N–H and O–H groups in total. The second-order valence-corrected chi connectivity index (χ2v) is 2.87. The van der Waals surface area contributed by atoms with Gasteiger partial charge in [0.15, 0.2) is 5.82 Å². The average molecular weight is 211 g/mol.